The SMILES string of the molecule is CCC(C)(CCBr)NC(=O)c1cc(Cl)ccc1I. The van der Waals surface area contributed by atoms with Crippen LogP contribution in [0.25, 0.3) is 0 Å². The lowest BCUT2D eigenvalue weighted by atomic mass is 9.95. The van der Waals surface area contributed by atoms with E-state index in [4.69, 9.17) is 11.6 Å². The van der Waals surface area contributed by atoms with Gasteiger partial charge in [-0.3, -0.25) is 4.79 Å². The molecule has 1 amide bonds. The van der Waals surface area contributed by atoms with Crippen LogP contribution < -0.4 is 5.32 Å². The summed E-state index contributed by atoms with van der Waals surface area (Å²) < 4.78 is 0.909. The van der Waals surface area contributed by atoms with E-state index >= 15 is 0 Å². The standard InChI is InChI=1S/C13H16BrClINO/c1-3-13(2,6-7-14)17-12(18)10-8-9(15)4-5-11(10)16/h4-5,8H,3,6-7H2,1-2H3,(H,17,18). The minimum Gasteiger partial charge on any atom is -0.347 e. The van der Waals surface area contributed by atoms with E-state index in [0.29, 0.717) is 10.6 Å². The largest absolute Gasteiger partial charge is 0.347 e. The Balaban J connectivity index is 2.90. The third-order valence-corrected chi connectivity index (χ3v) is 4.59. The second-order valence-corrected chi connectivity index (χ2v) is 6.82. The molecule has 0 aliphatic rings. The van der Waals surface area contributed by atoms with Crippen molar-refractivity contribution in [3.8, 4) is 0 Å². The van der Waals surface area contributed by atoms with Gasteiger partial charge >= 0.3 is 0 Å². The van der Waals surface area contributed by atoms with Gasteiger partial charge < -0.3 is 5.32 Å². The van der Waals surface area contributed by atoms with Crippen LogP contribution in [0.2, 0.25) is 5.02 Å². The Morgan fingerprint density at radius 1 is 1.56 bits per heavy atom. The van der Waals surface area contributed by atoms with Crippen LogP contribution in [0, 0.1) is 3.57 Å². The van der Waals surface area contributed by atoms with Gasteiger partial charge in [-0.2, -0.15) is 0 Å². The fourth-order valence-electron chi connectivity index (χ4n) is 1.55. The molecule has 1 atom stereocenters. The van der Waals surface area contributed by atoms with E-state index in [-0.39, 0.29) is 11.4 Å². The van der Waals surface area contributed by atoms with Crippen molar-refractivity contribution in [2.45, 2.75) is 32.2 Å². The summed E-state index contributed by atoms with van der Waals surface area (Å²) in [7, 11) is 0. The van der Waals surface area contributed by atoms with Crippen molar-refractivity contribution in [2.75, 3.05) is 5.33 Å². The van der Waals surface area contributed by atoms with Crippen LogP contribution in [0.15, 0.2) is 18.2 Å². The smallest absolute Gasteiger partial charge is 0.252 e. The summed E-state index contributed by atoms with van der Waals surface area (Å²) in [6.45, 7) is 4.13. The quantitative estimate of drug-likeness (QED) is 0.521. The molecule has 100 valence electrons. The van der Waals surface area contributed by atoms with Crippen molar-refractivity contribution < 1.29 is 4.79 Å². The highest BCUT2D eigenvalue weighted by Gasteiger charge is 2.24. The number of carbonyl (C=O) groups excluding carboxylic acids is 1. The van der Waals surface area contributed by atoms with Crippen LogP contribution in [0.4, 0.5) is 0 Å². The normalized spacial score (nSPS) is 14.1. The Hall–Kier alpha value is 0.190. The minimum absolute atomic E-state index is 0.0628. The van der Waals surface area contributed by atoms with Crippen molar-refractivity contribution in [1.29, 1.82) is 0 Å². The fraction of sp³-hybridized carbons (Fsp3) is 0.462. The zero-order valence-electron chi connectivity index (χ0n) is 10.4. The lowest BCUT2D eigenvalue weighted by Crippen LogP contribution is -2.46. The van der Waals surface area contributed by atoms with E-state index in [1.54, 1.807) is 12.1 Å². The Kier molecular flexibility index (Phi) is 6.41. The number of hydrogen-bond donors (Lipinski definition) is 1. The summed E-state index contributed by atoms with van der Waals surface area (Å²) in [6, 6.07) is 5.35. The highest BCUT2D eigenvalue weighted by atomic mass is 127. The Labute approximate surface area is 135 Å². The molecule has 0 saturated carbocycles. The van der Waals surface area contributed by atoms with Crippen LogP contribution in [-0.2, 0) is 0 Å². The molecule has 1 unspecified atom stereocenters. The zero-order chi connectivity index (χ0) is 13.8. The summed E-state index contributed by atoms with van der Waals surface area (Å²) in [5, 5.41) is 4.54. The van der Waals surface area contributed by atoms with E-state index in [2.05, 4.69) is 57.7 Å². The third-order valence-electron chi connectivity index (χ3n) is 3.01. The van der Waals surface area contributed by atoms with Gasteiger partial charge in [-0.25, -0.2) is 0 Å². The predicted molar refractivity (Wildman–Crippen MR) is 88.7 cm³/mol. The number of carbonyl (C=O) groups is 1. The Morgan fingerprint density at radius 3 is 2.78 bits per heavy atom. The molecule has 0 fully saturated rings. The molecule has 1 rings (SSSR count). The molecular weight excluding hydrogens is 428 g/mol. The van der Waals surface area contributed by atoms with E-state index in [0.717, 1.165) is 21.7 Å². The van der Waals surface area contributed by atoms with Gasteiger partial charge in [0.2, 0.25) is 0 Å². The molecule has 0 spiro atoms. The van der Waals surface area contributed by atoms with Gasteiger partial charge in [0.1, 0.15) is 0 Å². The summed E-state index contributed by atoms with van der Waals surface area (Å²) in [5.41, 5.74) is 0.448. The van der Waals surface area contributed by atoms with Gasteiger partial charge in [-0.15, -0.1) is 0 Å². The van der Waals surface area contributed by atoms with Gasteiger partial charge in [0.25, 0.3) is 5.91 Å². The molecule has 1 aromatic carbocycles. The molecule has 0 saturated heterocycles. The lowest BCUT2D eigenvalue weighted by Gasteiger charge is -2.29. The maximum absolute atomic E-state index is 12.3. The highest BCUT2D eigenvalue weighted by molar-refractivity contribution is 14.1. The Bertz CT molecular complexity index is 441. The molecule has 0 aliphatic carbocycles. The highest BCUT2D eigenvalue weighted by Crippen LogP contribution is 2.21. The molecule has 0 heterocycles. The third kappa shape index (κ3) is 4.38. The maximum Gasteiger partial charge on any atom is 0.252 e. The van der Waals surface area contributed by atoms with Crippen molar-refractivity contribution in [2.24, 2.45) is 0 Å². The van der Waals surface area contributed by atoms with Crippen LogP contribution in [0.1, 0.15) is 37.0 Å². The number of alkyl halides is 1. The summed E-state index contributed by atoms with van der Waals surface area (Å²) in [6.07, 6.45) is 1.79. The lowest BCUT2D eigenvalue weighted by molar-refractivity contribution is 0.0901. The number of hydrogen-bond acceptors (Lipinski definition) is 1. The first-order chi connectivity index (χ1) is 8.41. The van der Waals surface area contributed by atoms with Gasteiger partial charge in [-0.1, -0.05) is 34.5 Å². The number of rotatable bonds is 5. The zero-order valence-corrected chi connectivity index (χ0v) is 14.9. The van der Waals surface area contributed by atoms with Gasteiger partial charge in [0.15, 0.2) is 0 Å². The van der Waals surface area contributed by atoms with E-state index in [9.17, 15) is 4.79 Å². The van der Waals surface area contributed by atoms with Crippen LogP contribution in [-0.4, -0.2) is 16.8 Å². The molecular formula is C13H16BrClINO. The van der Waals surface area contributed by atoms with E-state index in [1.807, 2.05) is 6.07 Å². The first-order valence-electron chi connectivity index (χ1n) is 5.75. The van der Waals surface area contributed by atoms with Crippen molar-refractivity contribution in [3.05, 3.63) is 32.4 Å². The monoisotopic (exact) mass is 443 g/mol. The van der Waals surface area contributed by atoms with Crippen molar-refractivity contribution in [1.82, 2.24) is 5.32 Å². The summed E-state index contributed by atoms with van der Waals surface area (Å²) in [5.74, 6) is -0.0628. The number of amides is 1. The maximum atomic E-state index is 12.3. The molecule has 1 N–H and O–H groups in total. The van der Waals surface area contributed by atoms with Crippen LogP contribution in [0.5, 0.6) is 0 Å². The molecule has 2 nitrogen and oxygen atoms in total. The van der Waals surface area contributed by atoms with Gasteiger partial charge in [0, 0.05) is 19.5 Å². The second kappa shape index (κ2) is 7.10. The van der Waals surface area contributed by atoms with Crippen molar-refractivity contribution >= 4 is 56.0 Å². The second-order valence-electron chi connectivity index (χ2n) is 4.43. The fourth-order valence-corrected chi connectivity index (χ4v) is 3.18. The van der Waals surface area contributed by atoms with Crippen molar-refractivity contribution in [3.63, 3.8) is 0 Å². The first-order valence-corrected chi connectivity index (χ1v) is 8.33. The molecule has 1 aromatic rings. The minimum atomic E-state index is -0.189. The topological polar surface area (TPSA) is 29.1 Å². The van der Waals surface area contributed by atoms with Gasteiger partial charge in [-0.05, 0) is 60.6 Å². The van der Waals surface area contributed by atoms with E-state index in [1.165, 1.54) is 0 Å². The number of halogens is 3. The average molecular weight is 445 g/mol. The number of benzene rings is 1. The van der Waals surface area contributed by atoms with Gasteiger partial charge in [0.05, 0.1) is 5.56 Å². The summed E-state index contributed by atoms with van der Waals surface area (Å²) in [4.78, 5) is 12.3. The predicted octanol–water partition coefficient (Wildman–Crippen LogP) is 4.63. The van der Waals surface area contributed by atoms with E-state index < -0.39 is 0 Å². The molecule has 0 aromatic heterocycles. The molecule has 0 bridgehead atoms. The average Bonchev–Trinajstić information content (AvgIpc) is 2.32. The summed E-state index contributed by atoms with van der Waals surface area (Å²) >= 11 is 11.5. The molecule has 18 heavy (non-hydrogen) atoms. The van der Waals surface area contributed by atoms with Crippen LogP contribution >= 0.6 is 50.1 Å². The number of nitrogens with one attached hydrogen (secondary N) is 1. The molecule has 0 radical (unpaired) electrons. The first kappa shape index (κ1) is 16.2. The van der Waals surface area contributed by atoms with Crippen LogP contribution in [0.3, 0.4) is 0 Å². The molecule has 0 aliphatic heterocycles. The Morgan fingerprint density at radius 2 is 2.22 bits per heavy atom. The molecule has 5 heteroatoms.